The zero-order valence-corrected chi connectivity index (χ0v) is 25.5. The van der Waals surface area contributed by atoms with E-state index >= 15 is 0 Å². The molecule has 0 radical (unpaired) electrons. The van der Waals surface area contributed by atoms with Crippen LogP contribution in [0.5, 0.6) is 0 Å². The van der Waals surface area contributed by atoms with Crippen LogP contribution in [0.1, 0.15) is 81.9 Å². The Balaban J connectivity index is 0.00000150. The molecule has 1 amide bonds. The molecule has 8 nitrogen and oxygen atoms in total. The normalized spacial score (nSPS) is 12.4. The number of aryl methyl sites for hydroxylation is 1. The smallest absolute Gasteiger partial charge is 0.255 e. The maximum atomic E-state index is 13.0. The molecule has 3 rings (SSSR count). The zero-order chi connectivity index (χ0) is 30.2. The Labute approximate surface area is 240 Å². The third-order valence-corrected chi connectivity index (χ3v) is 5.96. The van der Waals surface area contributed by atoms with Gasteiger partial charge in [-0.25, -0.2) is 9.97 Å². The number of carbonyl (C=O) groups excluding carboxylic acids is 1. The lowest BCUT2D eigenvalue weighted by atomic mass is 9.93. The Morgan fingerprint density at radius 1 is 1.20 bits per heavy atom. The van der Waals surface area contributed by atoms with E-state index in [4.69, 9.17) is 10.8 Å². The monoisotopic (exact) mass is 545 g/mol. The molecule has 8 heteroatoms. The van der Waals surface area contributed by atoms with Gasteiger partial charge in [-0.3, -0.25) is 15.6 Å². The highest BCUT2D eigenvalue weighted by molar-refractivity contribution is 6.01. The van der Waals surface area contributed by atoms with Crippen molar-refractivity contribution in [1.82, 2.24) is 20.2 Å². The standard InChI is InChI=1S/C27H33N7O.C3H8.C2H6/c1-18(2)34(16-28)26(29)19(3)7-6-8-21(5)32-27(35)25-12-23-15-33(24-13-30-17-31-14-24)10-9-22(23)11-20(25)4;1-3-2;1-2/h6-8,11-14,16-18,28-29H,5,9-10,15H2,1-4H3,(H,32,35);3H2,1-2H3;1-2H3/b8-6-,19-7+,28-16?,29-26?;;. The predicted molar refractivity (Wildman–Crippen MR) is 168 cm³/mol. The van der Waals surface area contributed by atoms with E-state index in [1.54, 1.807) is 35.5 Å². The Morgan fingerprint density at radius 3 is 2.40 bits per heavy atom. The van der Waals surface area contributed by atoms with Gasteiger partial charge in [-0.05, 0) is 68.5 Å². The van der Waals surface area contributed by atoms with Crippen molar-refractivity contribution in [1.29, 1.82) is 10.8 Å². The molecule has 2 heterocycles. The topological polar surface area (TPSA) is 109 Å². The number of amidine groups is 1. The molecule has 0 unspecified atom stereocenters. The molecule has 0 bridgehead atoms. The van der Waals surface area contributed by atoms with Crippen LogP contribution >= 0.6 is 0 Å². The summed E-state index contributed by atoms with van der Waals surface area (Å²) in [7, 11) is 0. The Hall–Kier alpha value is -4.07. The predicted octanol–water partition coefficient (Wildman–Crippen LogP) is 6.83. The number of nitrogens with zero attached hydrogens (tertiary/aromatic N) is 4. The van der Waals surface area contributed by atoms with Crippen molar-refractivity contribution in [2.45, 2.75) is 80.8 Å². The van der Waals surface area contributed by atoms with Crippen LogP contribution in [0.25, 0.3) is 0 Å². The highest BCUT2D eigenvalue weighted by Gasteiger charge is 2.20. The second-order valence-electron chi connectivity index (χ2n) is 9.58. The van der Waals surface area contributed by atoms with E-state index in [0.29, 0.717) is 23.4 Å². The summed E-state index contributed by atoms with van der Waals surface area (Å²) in [4.78, 5) is 25.0. The lowest BCUT2D eigenvalue weighted by Gasteiger charge is -2.30. The average Bonchev–Trinajstić information content (AvgIpc) is 2.94. The molecule has 216 valence electrons. The number of aromatic nitrogens is 2. The van der Waals surface area contributed by atoms with Gasteiger partial charge in [0.05, 0.1) is 24.4 Å². The van der Waals surface area contributed by atoms with Crippen molar-refractivity contribution in [3.05, 3.63) is 89.2 Å². The molecule has 0 saturated carbocycles. The molecule has 40 heavy (non-hydrogen) atoms. The summed E-state index contributed by atoms with van der Waals surface area (Å²) in [5.74, 6) is 0.0541. The summed E-state index contributed by atoms with van der Waals surface area (Å²) in [6.45, 7) is 21.4. The molecule has 3 N–H and O–H groups in total. The maximum absolute atomic E-state index is 13.0. The molecule has 2 aromatic rings. The van der Waals surface area contributed by atoms with Gasteiger partial charge in [0.1, 0.15) is 12.2 Å². The van der Waals surface area contributed by atoms with Crippen molar-refractivity contribution in [3.63, 3.8) is 0 Å². The number of anilines is 1. The SMILES string of the molecule is C=C(/C=C\C=C(/C)C(=N)N(C=N)C(C)C)NC(=O)c1cc2c(cc1C)CCN(c1cncnc1)C2.CC.CCC. The summed E-state index contributed by atoms with van der Waals surface area (Å²) in [6, 6.07) is 4.09. The van der Waals surface area contributed by atoms with E-state index in [9.17, 15) is 4.79 Å². The molecule has 1 aliphatic rings. The quantitative estimate of drug-likeness (QED) is 0.191. The minimum atomic E-state index is -0.205. The zero-order valence-electron chi connectivity index (χ0n) is 25.5. The summed E-state index contributed by atoms with van der Waals surface area (Å²) in [5.41, 5.74) is 6.06. The lowest BCUT2D eigenvalue weighted by Crippen LogP contribution is -2.35. The first-order valence-corrected chi connectivity index (χ1v) is 14.0. The molecule has 0 fully saturated rings. The van der Waals surface area contributed by atoms with E-state index < -0.39 is 0 Å². The summed E-state index contributed by atoms with van der Waals surface area (Å²) in [6.07, 6.45) is 13.6. The van der Waals surface area contributed by atoms with Crippen LogP contribution in [0, 0.1) is 17.7 Å². The van der Waals surface area contributed by atoms with Gasteiger partial charge >= 0.3 is 0 Å². The number of nitrogens with one attached hydrogen (secondary N) is 3. The number of amides is 1. The van der Waals surface area contributed by atoms with Crippen LogP contribution in [0.2, 0.25) is 0 Å². The fraction of sp³-hybridized carbons (Fsp3) is 0.406. The molecule has 0 spiro atoms. The molecule has 1 aliphatic heterocycles. The van der Waals surface area contributed by atoms with Crippen LogP contribution in [0.15, 0.2) is 66.9 Å². The van der Waals surface area contributed by atoms with Gasteiger partial charge in [0, 0.05) is 30.4 Å². The van der Waals surface area contributed by atoms with E-state index in [2.05, 4.69) is 46.7 Å². The fourth-order valence-corrected chi connectivity index (χ4v) is 3.97. The van der Waals surface area contributed by atoms with E-state index in [0.717, 1.165) is 36.1 Å². The molecule has 1 aromatic carbocycles. The summed E-state index contributed by atoms with van der Waals surface area (Å²) in [5, 5.41) is 18.6. The van der Waals surface area contributed by atoms with Crippen molar-refractivity contribution < 1.29 is 4.79 Å². The summed E-state index contributed by atoms with van der Waals surface area (Å²) >= 11 is 0. The van der Waals surface area contributed by atoms with Crippen LogP contribution in [0.4, 0.5) is 5.69 Å². The average molecular weight is 546 g/mol. The minimum absolute atomic E-state index is 0.0227. The van der Waals surface area contributed by atoms with Gasteiger partial charge in [0.2, 0.25) is 0 Å². The number of carbonyl (C=O) groups is 1. The van der Waals surface area contributed by atoms with Gasteiger partial charge in [-0.15, -0.1) is 0 Å². The number of fused-ring (bicyclic) bond motifs is 1. The van der Waals surface area contributed by atoms with Gasteiger partial charge in [-0.1, -0.05) is 58.9 Å². The molecular formula is C32H47N7O. The number of hydrogen-bond donors (Lipinski definition) is 3. The Morgan fingerprint density at radius 2 is 1.82 bits per heavy atom. The van der Waals surface area contributed by atoms with Crippen LogP contribution in [-0.2, 0) is 13.0 Å². The molecule has 0 atom stereocenters. The molecule has 0 aliphatic carbocycles. The van der Waals surface area contributed by atoms with Gasteiger partial charge in [0.15, 0.2) is 0 Å². The van der Waals surface area contributed by atoms with E-state index in [1.807, 2.05) is 47.6 Å². The Bertz CT molecular complexity index is 1200. The molecular weight excluding hydrogens is 498 g/mol. The van der Waals surface area contributed by atoms with Crippen LogP contribution in [0.3, 0.4) is 0 Å². The van der Waals surface area contributed by atoms with Crippen molar-refractivity contribution in [2.24, 2.45) is 0 Å². The lowest BCUT2D eigenvalue weighted by molar-refractivity contribution is 0.0966. The van der Waals surface area contributed by atoms with E-state index in [-0.39, 0.29) is 17.8 Å². The number of allylic oxidation sites excluding steroid dienone is 3. The molecule has 1 aromatic heterocycles. The van der Waals surface area contributed by atoms with Crippen LogP contribution < -0.4 is 10.2 Å². The third kappa shape index (κ3) is 9.91. The first kappa shape index (κ1) is 34.0. The maximum Gasteiger partial charge on any atom is 0.255 e. The highest BCUT2D eigenvalue weighted by atomic mass is 16.1. The molecule has 0 saturated heterocycles. The highest BCUT2D eigenvalue weighted by Crippen LogP contribution is 2.26. The van der Waals surface area contributed by atoms with E-state index in [1.165, 1.54) is 18.3 Å². The van der Waals surface area contributed by atoms with Gasteiger partial charge in [-0.2, -0.15) is 0 Å². The summed E-state index contributed by atoms with van der Waals surface area (Å²) < 4.78 is 0. The largest absolute Gasteiger partial charge is 0.364 e. The van der Waals surface area contributed by atoms with Gasteiger partial charge < -0.3 is 15.1 Å². The number of hydrogen-bond acceptors (Lipinski definition) is 6. The fourth-order valence-electron chi connectivity index (χ4n) is 3.97. The Kier molecular flexibility index (Phi) is 14.9. The number of benzene rings is 1. The van der Waals surface area contributed by atoms with Gasteiger partial charge in [0.25, 0.3) is 5.91 Å². The third-order valence-electron chi connectivity index (χ3n) is 5.96. The van der Waals surface area contributed by atoms with Crippen LogP contribution in [-0.4, -0.2) is 45.5 Å². The second kappa shape index (κ2) is 17.5. The number of rotatable bonds is 8. The first-order chi connectivity index (χ1) is 19.1. The second-order valence-corrected chi connectivity index (χ2v) is 9.58. The van der Waals surface area contributed by atoms with Crippen molar-refractivity contribution in [3.8, 4) is 0 Å². The van der Waals surface area contributed by atoms with Crippen molar-refractivity contribution in [2.75, 3.05) is 11.4 Å². The first-order valence-electron chi connectivity index (χ1n) is 14.0. The van der Waals surface area contributed by atoms with Crippen molar-refractivity contribution >= 4 is 23.8 Å². The minimum Gasteiger partial charge on any atom is -0.364 e.